The van der Waals surface area contributed by atoms with Crippen molar-refractivity contribution in [1.82, 2.24) is 0 Å². The van der Waals surface area contributed by atoms with Gasteiger partial charge in [-0.25, -0.2) is 4.79 Å². The molecular formula is C19H32O2. The molecule has 2 heteroatoms. The van der Waals surface area contributed by atoms with Crippen molar-refractivity contribution in [3.63, 3.8) is 0 Å². The summed E-state index contributed by atoms with van der Waals surface area (Å²) in [5.41, 5.74) is 3.09. The molecule has 0 bridgehead atoms. The first-order valence-electron chi connectivity index (χ1n) is 8.43. The Morgan fingerprint density at radius 2 is 2.10 bits per heavy atom. The largest absolute Gasteiger partial charge is 0.463 e. The van der Waals surface area contributed by atoms with Crippen molar-refractivity contribution in [3.05, 3.63) is 23.3 Å². The first-order chi connectivity index (χ1) is 9.86. The minimum absolute atomic E-state index is 0.206. The molecule has 21 heavy (non-hydrogen) atoms. The predicted octanol–water partition coefficient (Wildman–Crippen LogP) is 5.44. The van der Waals surface area contributed by atoms with Crippen LogP contribution in [0.2, 0.25) is 0 Å². The fourth-order valence-electron chi connectivity index (χ4n) is 2.69. The predicted molar refractivity (Wildman–Crippen MR) is 89.1 cm³/mol. The molecule has 0 N–H and O–H groups in total. The van der Waals surface area contributed by atoms with Crippen LogP contribution in [0, 0.1) is 11.3 Å². The molecule has 0 amide bonds. The van der Waals surface area contributed by atoms with Gasteiger partial charge in [0.05, 0.1) is 6.61 Å². The van der Waals surface area contributed by atoms with Gasteiger partial charge in [-0.1, -0.05) is 45.8 Å². The zero-order valence-corrected chi connectivity index (χ0v) is 14.5. The van der Waals surface area contributed by atoms with Crippen LogP contribution < -0.4 is 0 Å². The number of esters is 1. The van der Waals surface area contributed by atoms with E-state index in [0.29, 0.717) is 12.0 Å². The molecule has 0 aromatic rings. The first kappa shape index (κ1) is 18.0. The van der Waals surface area contributed by atoms with Crippen molar-refractivity contribution in [2.45, 2.75) is 73.1 Å². The molecule has 1 rings (SSSR count). The summed E-state index contributed by atoms with van der Waals surface area (Å²) >= 11 is 0. The van der Waals surface area contributed by atoms with Crippen LogP contribution in [0.3, 0.4) is 0 Å². The lowest BCUT2D eigenvalue weighted by Gasteiger charge is -2.24. The Kier molecular flexibility index (Phi) is 7.21. The topological polar surface area (TPSA) is 26.3 Å². The highest BCUT2D eigenvalue weighted by Crippen LogP contribution is 2.33. The van der Waals surface area contributed by atoms with Gasteiger partial charge in [0, 0.05) is 6.08 Å². The van der Waals surface area contributed by atoms with Gasteiger partial charge in [0.2, 0.25) is 0 Å². The molecule has 0 aromatic carbocycles. The highest BCUT2D eigenvalue weighted by Gasteiger charge is 2.18. The van der Waals surface area contributed by atoms with Crippen LogP contribution in [0.5, 0.6) is 0 Å². The minimum atomic E-state index is -0.206. The van der Waals surface area contributed by atoms with Crippen LogP contribution in [-0.2, 0) is 9.53 Å². The van der Waals surface area contributed by atoms with E-state index in [4.69, 9.17) is 4.74 Å². The SMILES string of the molecule is CCOC(=O)C=C1C=C(CC(C)CCC(C)(C)CC)CC1. The molecular weight excluding hydrogens is 260 g/mol. The lowest BCUT2D eigenvalue weighted by molar-refractivity contribution is -0.137. The zero-order chi connectivity index (χ0) is 15.9. The molecule has 0 spiro atoms. The quantitative estimate of drug-likeness (QED) is 0.440. The minimum Gasteiger partial charge on any atom is -0.463 e. The van der Waals surface area contributed by atoms with Crippen LogP contribution in [0.25, 0.3) is 0 Å². The molecule has 1 aliphatic rings. The Morgan fingerprint density at radius 1 is 1.38 bits per heavy atom. The molecule has 0 aromatic heterocycles. The molecule has 1 atom stereocenters. The number of carbonyl (C=O) groups excluding carboxylic acids is 1. The Balaban J connectivity index is 2.43. The second-order valence-corrected chi connectivity index (χ2v) is 7.14. The van der Waals surface area contributed by atoms with Gasteiger partial charge in [-0.05, 0) is 55.9 Å². The molecule has 0 heterocycles. The van der Waals surface area contributed by atoms with Crippen molar-refractivity contribution >= 4 is 5.97 Å². The number of ether oxygens (including phenoxy) is 1. The van der Waals surface area contributed by atoms with E-state index in [2.05, 4.69) is 33.8 Å². The fraction of sp³-hybridized carbons (Fsp3) is 0.737. The first-order valence-corrected chi connectivity index (χ1v) is 8.43. The van der Waals surface area contributed by atoms with E-state index in [9.17, 15) is 4.79 Å². The van der Waals surface area contributed by atoms with Crippen molar-refractivity contribution in [2.75, 3.05) is 6.61 Å². The third-order valence-electron chi connectivity index (χ3n) is 4.60. The highest BCUT2D eigenvalue weighted by atomic mass is 16.5. The maximum atomic E-state index is 11.4. The monoisotopic (exact) mass is 292 g/mol. The normalized spacial score (nSPS) is 18.7. The summed E-state index contributed by atoms with van der Waals surface area (Å²) in [5, 5.41) is 0. The van der Waals surface area contributed by atoms with Crippen LogP contribution >= 0.6 is 0 Å². The summed E-state index contributed by atoms with van der Waals surface area (Å²) in [7, 11) is 0. The summed E-state index contributed by atoms with van der Waals surface area (Å²) in [6.07, 6.45) is 10.9. The summed E-state index contributed by atoms with van der Waals surface area (Å²) < 4.78 is 4.96. The van der Waals surface area contributed by atoms with E-state index in [-0.39, 0.29) is 5.97 Å². The maximum absolute atomic E-state index is 11.4. The Morgan fingerprint density at radius 3 is 2.71 bits per heavy atom. The number of carbonyl (C=O) groups is 1. The number of rotatable bonds is 8. The summed E-state index contributed by atoms with van der Waals surface area (Å²) in [4.78, 5) is 11.4. The van der Waals surface area contributed by atoms with Gasteiger partial charge in [-0.15, -0.1) is 0 Å². The zero-order valence-electron chi connectivity index (χ0n) is 14.5. The molecule has 0 fully saturated rings. The maximum Gasteiger partial charge on any atom is 0.331 e. The number of hydrogen-bond donors (Lipinski definition) is 0. The standard InChI is InChI=1S/C19H32O2/c1-6-19(4,5)11-10-15(3)12-16-8-9-17(13-16)14-18(20)21-7-2/h13-15H,6-12H2,1-5H3. The summed E-state index contributed by atoms with van der Waals surface area (Å²) in [6.45, 7) is 11.6. The molecule has 0 saturated carbocycles. The Labute approximate surface area is 130 Å². The van der Waals surface area contributed by atoms with Gasteiger partial charge in [-0.3, -0.25) is 0 Å². The lowest BCUT2D eigenvalue weighted by atomic mass is 9.82. The molecule has 0 radical (unpaired) electrons. The van der Waals surface area contributed by atoms with E-state index in [1.165, 1.54) is 31.3 Å². The van der Waals surface area contributed by atoms with Gasteiger partial charge in [0.15, 0.2) is 0 Å². The third kappa shape index (κ3) is 6.97. The summed E-state index contributed by atoms with van der Waals surface area (Å²) in [6, 6.07) is 0. The average Bonchev–Trinajstić information content (AvgIpc) is 2.84. The molecule has 120 valence electrons. The number of allylic oxidation sites excluding steroid dienone is 3. The van der Waals surface area contributed by atoms with Gasteiger partial charge >= 0.3 is 5.97 Å². The van der Waals surface area contributed by atoms with E-state index in [0.717, 1.165) is 24.3 Å². The smallest absolute Gasteiger partial charge is 0.331 e. The number of hydrogen-bond acceptors (Lipinski definition) is 2. The van der Waals surface area contributed by atoms with Crippen LogP contribution in [0.4, 0.5) is 0 Å². The fourth-order valence-corrected chi connectivity index (χ4v) is 2.69. The third-order valence-corrected chi connectivity index (χ3v) is 4.60. The van der Waals surface area contributed by atoms with E-state index in [1.54, 1.807) is 6.08 Å². The highest BCUT2D eigenvalue weighted by molar-refractivity contribution is 5.83. The lowest BCUT2D eigenvalue weighted by Crippen LogP contribution is -2.11. The van der Waals surface area contributed by atoms with E-state index >= 15 is 0 Å². The van der Waals surface area contributed by atoms with Crippen molar-refractivity contribution in [2.24, 2.45) is 11.3 Å². The average molecular weight is 292 g/mol. The molecule has 1 unspecified atom stereocenters. The summed E-state index contributed by atoms with van der Waals surface area (Å²) in [5.74, 6) is 0.520. The van der Waals surface area contributed by atoms with E-state index in [1.807, 2.05) is 6.92 Å². The van der Waals surface area contributed by atoms with Crippen molar-refractivity contribution in [1.29, 1.82) is 0 Å². The van der Waals surface area contributed by atoms with Crippen LogP contribution in [0.15, 0.2) is 23.3 Å². The van der Waals surface area contributed by atoms with E-state index < -0.39 is 0 Å². The van der Waals surface area contributed by atoms with Crippen LogP contribution in [-0.4, -0.2) is 12.6 Å². The molecule has 0 saturated heterocycles. The molecule has 1 aliphatic carbocycles. The van der Waals surface area contributed by atoms with Crippen LogP contribution in [0.1, 0.15) is 73.1 Å². The Hall–Kier alpha value is -1.05. The molecule has 2 nitrogen and oxygen atoms in total. The van der Waals surface area contributed by atoms with Gasteiger partial charge < -0.3 is 4.74 Å². The van der Waals surface area contributed by atoms with Gasteiger partial charge in [0.1, 0.15) is 0 Å². The van der Waals surface area contributed by atoms with Crippen molar-refractivity contribution < 1.29 is 9.53 Å². The Bertz CT molecular complexity index is 402. The van der Waals surface area contributed by atoms with Gasteiger partial charge in [0.25, 0.3) is 0 Å². The van der Waals surface area contributed by atoms with Gasteiger partial charge in [-0.2, -0.15) is 0 Å². The second-order valence-electron chi connectivity index (χ2n) is 7.14. The second kappa shape index (κ2) is 8.41. The van der Waals surface area contributed by atoms with Crippen molar-refractivity contribution in [3.8, 4) is 0 Å². The molecule has 0 aliphatic heterocycles.